The van der Waals surface area contributed by atoms with Crippen LogP contribution in [0.3, 0.4) is 0 Å². The van der Waals surface area contributed by atoms with E-state index in [4.69, 9.17) is 11.6 Å². The summed E-state index contributed by atoms with van der Waals surface area (Å²) in [5.41, 5.74) is 3.14. The van der Waals surface area contributed by atoms with Gasteiger partial charge in [0.2, 0.25) is 5.91 Å². The van der Waals surface area contributed by atoms with Gasteiger partial charge in [-0.3, -0.25) is 4.79 Å². The molecule has 1 aromatic heterocycles. The number of fused-ring (bicyclic) bond motifs is 1. The van der Waals surface area contributed by atoms with E-state index >= 15 is 0 Å². The average molecular weight is 280 g/mol. The molecule has 0 aliphatic carbocycles. The number of hydrogen-bond donors (Lipinski definition) is 0. The Morgan fingerprint density at radius 2 is 2.16 bits per heavy atom. The van der Waals surface area contributed by atoms with Crippen LogP contribution in [0.25, 0.3) is 11.0 Å². The molecule has 0 aliphatic rings. The molecule has 1 aromatic carbocycles. The molecule has 102 valence electrons. The van der Waals surface area contributed by atoms with E-state index in [0.717, 1.165) is 16.9 Å². The molecule has 19 heavy (non-hydrogen) atoms. The van der Waals surface area contributed by atoms with Gasteiger partial charge in [0, 0.05) is 27.1 Å². The number of halogens is 1. The maximum absolute atomic E-state index is 11.7. The van der Waals surface area contributed by atoms with Crippen molar-refractivity contribution in [1.29, 1.82) is 0 Å². The first-order valence-electron chi connectivity index (χ1n) is 6.25. The number of aryl methyl sites for hydroxylation is 2. The topological polar surface area (TPSA) is 38.1 Å². The van der Waals surface area contributed by atoms with E-state index in [1.54, 1.807) is 19.0 Å². The summed E-state index contributed by atoms with van der Waals surface area (Å²) in [4.78, 5) is 17.8. The second kappa shape index (κ2) is 5.61. The zero-order valence-corrected chi connectivity index (χ0v) is 12.2. The minimum absolute atomic E-state index is 0.106. The van der Waals surface area contributed by atoms with E-state index in [0.29, 0.717) is 18.8 Å². The normalized spacial score (nSPS) is 10.9. The van der Waals surface area contributed by atoms with Crippen LogP contribution < -0.4 is 0 Å². The van der Waals surface area contributed by atoms with Crippen molar-refractivity contribution in [2.75, 3.05) is 14.1 Å². The summed E-state index contributed by atoms with van der Waals surface area (Å²) in [6, 6.07) is 6.12. The van der Waals surface area contributed by atoms with Gasteiger partial charge in [-0.1, -0.05) is 6.07 Å². The molecule has 1 heterocycles. The second-order valence-electron chi connectivity index (χ2n) is 4.84. The predicted octanol–water partition coefficient (Wildman–Crippen LogP) is 2.56. The molecule has 0 aliphatic heterocycles. The minimum atomic E-state index is 0.106. The zero-order chi connectivity index (χ0) is 14.0. The van der Waals surface area contributed by atoms with Gasteiger partial charge in [0.25, 0.3) is 0 Å². The number of amides is 1. The molecule has 0 saturated heterocycles. The van der Waals surface area contributed by atoms with Gasteiger partial charge in [0.1, 0.15) is 5.82 Å². The molecule has 2 aromatic rings. The van der Waals surface area contributed by atoms with Gasteiger partial charge in [-0.2, -0.15) is 0 Å². The van der Waals surface area contributed by atoms with Crippen molar-refractivity contribution in [3.63, 3.8) is 0 Å². The van der Waals surface area contributed by atoms with Crippen molar-refractivity contribution in [1.82, 2.24) is 14.5 Å². The van der Waals surface area contributed by atoms with Crippen molar-refractivity contribution >= 4 is 28.5 Å². The molecule has 0 bridgehead atoms. The summed E-state index contributed by atoms with van der Waals surface area (Å²) >= 11 is 5.94. The van der Waals surface area contributed by atoms with E-state index in [1.807, 2.05) is 29.7 Å². The number of carbonyl (C=O) groups excluding carboxylic acids is 1. The number of rotatable bonds is 4. The van der Waals surface area contributed by atoms with Crippen molar-refractivity contribution < 1.29 is 4.79 Å². The van der Waals surface area contributed by atoms with Gasteiger partial charge in [0.05, 0.1) is 16.9 Å². The molecular weight excluding hydrogens is 262 g/mol. The number of aromatic nitrogens is 2. The van der Waals surface area contributed by atoms with Gasteiger partial charge in [-0.05, 0) is 24.6 Å². The molecule has 0 atom stereocenters. The van der Waals surface area contributed by atoms with Gasteiger partial charge >= 0.3 is 0 Å². The van der Waals surface area contributed by atoms with Crippen molar-refractivity contribution in [2.24, 2.45) is 0 Å². The Morgan fingerprint density at radius 3 is 2.79 bits per heavy atom. The summed E-state index contributed by atoms with van der Waals surface area (Å²) in [6.07, 6.45) is 0.455. The first kappa shape index (κ1) is 13.9. The largest absolute Gasteiger partial charge is 0.349 e. The Labute approximate surface area is 118 Å². The summed E-state index contributed by atoms with van der Waals surface area (Å²) in [7, 11) is 3.53. The number of hydrogen-bond acceptors (Lipinski definition) is 2. The first-order chi connectivity index (χ1) is 9.02. The van der Waals surface area contributed by atoms with E-state index in [9.17, 15) is 4.79 Å². The molecule has 0 unspecified atom stereocenters. The molecule has 0 fully saturated rings. The molecule has 1 amide bonds. The minimum Gasteiger partial charge on any atom is -0.349 e. The number of carbonyl (C=O) groups is 1. The van der Waals surface area contributed by atoms with Crippen LogP contribution in [0.15, 0.2) is 18.2 Å². The predicted molar refractivity (Wildman–Crippen MR) is 77.3 cm³/mol. The Morgan fingerprint density at radius 1 is 1.42 bits per heavy atom. The van der Waals surface area contributed by atoms with Crippen molar-refractivity contribution in [3.05, 3.63) is 29.6 Å². The number of nitrogens with zero attached hydrogens (tertiary/aromatic N) is 3. The zero-order valence-electron chi connectivity index (χ0n) is 11.5. The third-order valence-corrected chi connectivity index (χ3v) is 3.39. The fraction of sp³-hybridized carbons (Fsp3) is 0.429. The summed E-state index contributed by atoms with van der Waals surface area (Å²) in [6.45, 7) is 2.65. The first-order valence-corrected chi connectivity index (χ1v) is 6.78. The molecule has 2 rings (SSSR count). The van der Waals surface area contributed by atoms with Crippen LogP contribution in [0.1, 0.15) is 17.8 Å². The van der Waals surface area contributed by atoms with Gasteiger partial charge < -0.3 is 9.47 Å². The third-order valence-electron chi connectivity index (χ3n) is 3.15. The van der Waals surface area contributed by atoms with Crippen LogP contribution in [0.4, 0.5) is 0 Å². The SMILES string of the molecule is Cc1ccc2c(c1)nc(CCl)n2CCC(=O)N(C)C. The summed E-state index contributed by atoms with van der Waals surface area (Å²) < 4.78 is 2.03. The van der Waals surface area contributed by atoms with Crippen LogP contribution >= 0.6 is 11.6 Å². The molecule has 4 nitrogen and oxygen atoms in total. The van der Waals surface area contributed by atoms with Crippen molar-refractivity contribution in [3.8, 4) is 0 Å². The lowest BCUT2D eigenvalue weighted by molar-refractivity contribution is -0.128. The number of benzene rings is 1. The number of imidazole rings is 1. The molecular formula is C14H18ClN3O. The average Bonchev–Trinajstić information content (AvgIpc) is 2.72. The monoisotopic (exact) mass is 279 g/mol. The highest BCUT2D eigenvalue weighted by Crippen LogP contribution is 2.19. The molecule has 0 N–H and O–H groups in total. The second-order valence-corrected chi connectivity index (χ2v) is 5.11. The van der Waals surface area contributed by atoms with E-state index in [2.05, 4.69) is 4.98 Å². The maximum Gasteiger partial charge on any atom is 0.223 e. The quantitative estimate of drug-likeness (QED) is 0.807. The standard InChI is InChI=1S/C14H18ClN3O/c1-10-4-5-12-11(8-10)16-13(9-15)18(12)7-6-14(19)17(2)3/h4-5,8H,6-7,9H2,1-3H3. The van der Waals surface area contributed by atoms with Gasteiger partial charge in [-0.25, -0.2) is 4.98 Å². The van der Waals surface area contributed by atoms with E-state index in [1.165, 1.54) is 5.56 Å². The lowest BCUT2D eigenvalue weighted by Crippen LogP contribution is -2.23. The van der Waals surface area contributed by atoms with Crippen LogP contribution in [0.5, 0.6) is 0 Å². The van der Waals surface area contributed by atoms with Crippen LogP contribution in [-0.2, 0) is 17.2 Å². The highest BCUT2D eigenvalue weighted by molar-refractivity contribution is 6.16. The highest BCUT2D eigenvalue weighted by Gasteiger charge is 2.12. The highest BCUT2D eigenvalue weighted by atomic mass is 35.5. The maximum atomic E-state index is 11.7. The Bertz CT molecular complexity index is 604. The Balaban J connectivity index is 2.33. The van der Waals surface area contributed by atoms with Crippen molar-refractivity contribution in [2.45, 2.75) is 25.8 Å². The van der Waals surface area contributed by atoms with Crippen LogP contribution in [0.2, 0.25) is 0 Å². The van der Waals surface area contributed by atoms with Crippen LogP contribution in [0, 0.1) is 6.92 Å². The Kier molecular flexibility index (Phi) is 4.10. The summed E-state index contributed by atoms with van der Waals surface area (Å²) in [5.74, 6) is 1.27. The number of alkyl halides is 1. The third kappa shape index (κ3) is 2.89. The van der Waals surface area contributed by atoms with Crippen LogP contribution in [-0.4, -0.2) is 34.5 Å². The lowest BCUT2D eigenvalue weighted by Gasteiger charge is -2.12. The van der Waals surface area contributed by atoms with Gasteiger partial charge in [0.15, 0.2) is 0 Å². The fourth-order valence-electron chi connectivity index (χ4n) is 2.07. The lowest BCUT2D eigenvalue weighted by atomic mass is 10.2. The smallest absolute Gasteiger partial charge is 0.223 e. The van der Waals surface area contributed by atoms with E-state index in [-0.39, 0.29) is 5.91 Å². The Hall–Kier alpha value is -1.55. The molecule has 0 radical (unpaired) electrons. The van der Waals surface area contributed by atoms with E-state index < -0.39 is 0 Å². The van der Waals surface area contributed by atoms with Gasteiger partial charge in [-0.15, -0.1) is 11.6 Å². The molecule has 0 spiro atoms. The summed E-state index contributed by atoms with van der Waals surface area (Å²) in [5, 5.41) is 0. The molecule has 0 saturated carbocycles. The fourth-order valence-corrected chi connectivity index (χ4v) is 2.28. The molecule has 5 heteroatoms.